The van der Waals surface area contributed by atoms with Crippen molar-refractivity contribution in [2.24, 2.45) is 51.2 Å². The van der Waals surface area contributed by atoms with Gasteiger partial charge in [0, 0.05) is 24.4 Å². The van der Waals surface area contributed by atoms with Crippen LogP contribution in [0.4, 0.5) is 0 Å². The van der Waals surface area contributed by atoms with E-state index in [1.165, 1.54) is 7.11 Å². The quantitative estimate of drug-likeness (QED) is 0.144. The van der Waals surface area contributed by atoms with Crippen molar-refractivity contribution in [2.75, 3.05) is 13.7 Å². The fraction of sp³-hybridized carbons (Fsp3) is 0.829. The number of carbonyl (C=O) groups is 2. The molecule has 49 heavy (non-hydrogen) atoms. The Morgan fingerprint density at radius 3 is 2.45 bits per heavy atom. The Kier molecular flexibility index (Phi) is 9.78. The van der Waals surface area contributed by atoms with E-state index < -0.39 is 17.1 Å². The Balaban J connectivity index is 1.22. The van der Waals surface area contributed by atoms with Crippen molar-refractivity contribution in [3.8, 4) is 0 Å². The predicted octanol–water partition coefficient (Wildman–Crippen LogP) is 7.84. The van der Waals surface area contributed by atoms with Crippen molar-refractivity contribution in [3.05, 3.63) is 30.4 Å². The van der Waals surface area contributed by atoms with Crippen molar-refractivity contribution >= 4 is 11.9 Å². The number of esters is 2. The summed E-state index contributed by atoms with van der Waals surface area (Å²) in [6.45, 7) is 21.6. The van der Waals surface area contributed by atoms with Crippen LogP contribution in [0.1, 0.15) is 124 Å². The molecule has 1 aliphatic heterocycles. The van der Waals surface area contributed by atoms with Gasteiger partial charge in [-0.1, -0.05) is 39.3 Å². The predicted molar refractivity (Wildman–Crippen MR) is 189 cm³/mol. The fourth-order valence-electron chi connectivity index (χ4n) is 13.1. The summed E-state index contributed by atoms with van der Waals surface area (Å²) in [5.41, 5.74) is -0.430. The maximum atomic E-state index is 14.3. The van der Waals surface area contributed by atoms with Crippen LogP contribution in [-0.4, -0.2) is 58.1 Å². The van der Waals surface area contributed by atoms with Crippen molar-refractivity contribution in [1.82, 2.24) is 9.55 Å². The van der Waals surface area contributed by atoms with E-state index in [4.69, 9.17) is 14.2 Å². The van der Waals surface area contributed by atoms with E-state index in [9.17, 15) is 14.7 Å². The lowest BCUT2D eigenvalue weighted by Gasteiger charge is -2.71. The summed E-state index contributed by atoms with van der Waals surface area (Å²) in [4.78, 5) is 31.4. The molecular weight excluding hydrogens is 616 g/mol. The molecule has 0 bridgehead atoms. The molecule has 4 saturated carbocycles. The summed E-state index contributed by atoms with van der Waals surface area (Å²) in [6.07, 6.45) is 13.5. The molecule has 2 heterocycles. The second-order valence-electron chi connectivity index (χ2n) is 18.1. The monoisotopic (exact) mass is 680 g/mol. The van der Waals surface area contributed by atoms with Gasteiger partial charge in [0.1, 0.15) is 5.82 Å². The third-order valence-corrected chi connectivity index (χ3v) is 15.6. The number of aryl methyl sites for hydroxylation is 2. The van der Waals surface area contributed by atoms with E-state index >= 15 is 0 Å². The fourth-order valence-corrected chi connectivity index (χ4v) is 13.1. The topological polar surface area (TPSA) is 99.9 Å². The standard InChI is InChI=1S/C41H64N2O6/c1-26(2)28-14-17-41(36(46)48-23-13-11-10-12-21-43-22-20-42-27(43)3)19-18-38(6)29(34(28)41)24-30(44)35-39(38,7)16-15-31-37(4,5)49-32(40(31,35)8)25-33(45)47-9/h20,22,28-32,34-35,44H,1,10-19,21,23-25H2,2-9H3/t28-,29+,30+,31?,32?,34+,35-,38+,39+,40+,41-/m0/s1. The highest BCUT2D eigenvalue weighted by Gasteiger charge is 2.76. The van der Waals surface area contributed by atoms with Crippen LogP contribution in [0.5, 0.6) is 0 Å². The molecule has 274 valence electrons. The van der Waals surface area contributed by atoms with Crippen LogP contribution in [-0.2, 0) is 30.3 Å². The van der Waals surface area contributed by atoms with Gasteiger partial charge in [0.15, 0.2) is 0 Å². The SMILES string of the molecule is C=C(C)[C@@H]1CC[C@]2(C(=O)OCCCCCCn3ccnc3C)CC[C@]3(C)[C@H](C[C@@H](O)[C@@H]4[C@@]5(C)C(CC(=O)OC)OC(C)(C)C5CC[C@]43C)[C@@H]12. The number of fused-ring (bicyclic) bond motifs is 7. The first-order valence-corrected chi connectivity index (χ1v) is 19.3. The van der Waals surface area contributed by atoms with E-state index in [-0.39, 0.29) is 70.3 Å². The maximum absolute atomic E-state index is 14.3. The van der Waals surface area contributed by atoms with Crippen LogP contribution >= 0.6 is 0 Å². The number of rotatable bonds is 11. The molecule has 4 aliphatic carbocycles. The normalized spacial score (nSPS) is 42.0. The first-order chi connectivity index (χ1) is 23.1. The van der Waals surface area contributed by atoms with Crippen LogP contribution in [0.2, 0.25) is 0 Å². The Morgan fingerprint density at radius 1 is 1.04 bits per heavy atom. The first kappa shape index (κ1) is 36.6. The number of ether oxygens (including phenoxy) is 3. The number of imidazole rings is 1. The second-order valence-corrected chi connectivity index (χ2v) is 18.1. The van der Waals surface area contributed by atoms with E-state index in [1.54, 1.807) is 0 Å². The Bertz CT molecular complexity index is 1420. The number of aliphatic hydroxyl groups excluding tert-OH is 1. The third kappa shape index (κ3) is 5.64. The van der Waals surface area contributed by atoms with Crippen molar-refractivity contribution < 1.29 is 28.9 Å². The van der Waals surface area contributed by atoms with Gasteiger partial charge in [0.2, 0.25) is 0 Å². The van der Waals surface area contributed by atoms with Gasteiger partial charge in [-0.15, -0.1) is 0 Å². The van der Waals surface area contributed by atoms with Gasteiger partial charge in [-0.05, 0) is 132 Å². The number of carbonyl (C=O) groups excluding carboxylic acids is 2. The zero-order valence-electron chi connectivity index (χ0n) is 31.7. The molecule has 0 radical (unpaired) electrons. The van der Waals surface area contributed by atoms with E-state index in [1.807, 2.05) is 19.3 Å². The highest BCUT2D eigenvalue weighted by Crippen LogP contribution is 2.77. The van der Waals surface area contributed by atoms with E-state index in [2.05, 4.69) is 57.7 Å². The summed E-state index contributed by atoms with van der Waals surface area (Å²) in [5, 5.41) is 12.5. The Hall–Kier alpha value is -2.19. The summed E-state index contributed by atoms with van der Waals surface area (Å²) in [6, 6.07) is 0. The summed E-state index contributed by atoms with van der Waals surface area (Å²) >= 11 is 0. The third-order valence-electron chi connectivity index (χ3n) is 15.6. The van der Waals surface area contributed by atoms with Gasteiger partial charge in [0.25, 0.3) is 0 Å². The molecule has 8 nitrogen and oxygen atoms in total. The molecule has 1 aromatic rings. The molecule has 0 spiro atoms. The van der Waals surface area contributed by atoms with Crippen LogP contribution in [0.3, 0.4) is 0 Å². The minimum absolute atomic E-state index is 0.0149. The van der Waals surface area contributed by atoms with Gasteiger partial charge in [0.05, 0.1) is 43.4 Å². The van der Waals surface area contributed by atoms with Gasteiger partial charge in [-0.2, -0.15) is 0 Å². The van der Waals surface area contributed by atoms with Crippen LogP contribution in [0.25, 0.3) is 0 Å². The number of methoxy groups -OCH3 is 1. The number of hydrogen-bond donors (Lipinski definition) is 1. The maximum Gasteiger partial charge on any atom is 0.312 e. The number of aliphatic hydroxyl groups is 1. The van der Waals surface area contributed by atoms with Crippen LogP contribution in [0.15, 0.2) is 24.5 Å². The summed E-state index contributed by atoms with van der Waals surface area (Å²) < 4.78 is 20.3. The lowest BCUT2D eigenvalue weighted by molar-refractivity contribution is -0.255. The van der Waals surface area contributed by atoms with Gasteiger partial charge in [-0.25, -0.2) is 4.98 Å². The average molecular weight is 681 g/mol. The lowest BCUT2D eigenvalue weighted by atomic mass is 9.33. The van der Waals surface area contributed by atoms with Crippen LogP contribution < -0.4 is 0 Å². The second kappa shape index (κ2) is 13.1. The number of unbranched alkanes of at least 4 members (excludes halogenated alkanes) is 3. The van der Waals surface area contributed by atoms with E-state index in [0.29, 0.717) is 13.0 Å². The molecule has 1 aromatic heterocycles. The molecular formula is C41H64N2O6. The smallest absolute Gasteiger partial charge is 0.312 e. The molecule has 6 rings (SSSR count). The number of nitrogens with zero attached hydrogens (tertiary/aromatic N) is 2. The lowest BCUT2D eigenvalue weighted by Crippen LogP contribution is -2.69. The highest BCUT2D eigenvalue weighted by molar-refractivity contribution is 5.78. The molecule has 11 atom stereocenters. The first-order valence-electron chi connectivity index (χ1n) is 19.3. The van der Waals surface area contributed by atoms with Gasteiger partial charge < -0.3 is 23.9 Å². The Labute approximate surface area is 295 Å². The molecule has 5 fully saturated rings. The zero-order chi connectivity index (χ0) is 35.6. The molecule has 2 unspecified atom stereocenters. The largest absolute Gasteiger partial charge is 0.469 e. The Morgan fingerprint density at radius 2 is 1.78 bits per heavy atom. The number of allylic oxidation sites excluding steroid dienone is 1. The van der Waals surface area contributed by atoms with Gasteiger partial charge >= 0.3 is 11.9 Å². The summed E-state index contributed by atoms with van der Waals surface area (Å²) in [5.74, 6) is 1.49. The number of hydrogen-bond acceptors (Lipinski definition) is 7. The number of aromatic nitrogens is 2. The van der Waals surface area contributed by atoms with Crippen molar-refractivity contribution in [2.45, 2.75) is 150 Å². The van der Waals surface area contributed by atoms with E-state index in [0.717, 1.165) is 82.2 Å². The molecule has 8 heteroatoms. The average Bonchev–Trinajstić information content (AvgIpc) is 3.69. The van der Waals surface area contributed by atoms with Crippen molar-refractivity contribution in [1.29, 1.82) is 0 Å². The van der Waals surface area contributed by atoms with Crippen LogP contribution in [0, 0.1) is 58.2 Å². The minimum atomic E-state index is -0.558. The molecule has 0 aromatic carbocycles. The summed E-state index contributed by atoms with van der Waals surface area (Å²) in [7, 11) is 1.44. The molecule has 1 saturated heterocycles. The minimum Gasteiger partial charge on any atom is -0.469 e. The zero-order valence-corrected chi connectivity index (χ0v) is 31.7. The van der Waals surface area contributed by atoms with Crippen molar-refractivity contribution in [3.63, 3.8) is 0 Å². The highest BCUT2D eigenvalue weighted by atomic mass is 16.5. The molecule has 0 amide bonds. The van der Waals surface area contributed by atoms with Gasteiger partial charge in [-0.3, -0.25) is 9.59 Å². The molecule has 1 N–H and O–H groups in total. The molecule has 5 aliphatic rings.